The Balaban J connectivity index is 1.44. The van der Waals surface area contributed by atoms with Gasteiger partial charge in [0.25, 0.3) is 0 Å². The number of fused-ring (bicyclic) bond motifs is 2. The number of para-hydroxylation sites is 2. The summed E-state index contributed by atoms with van der Waals surface area (Å²) >= 11 is 0. The predicted octanol–water partition coefficient (Wildman–Crippen LogP) is 4.90. The van der Waals surface area contributed by atoms with Crippen LogP contribution in [-0.4, -0.2) is 23.2 Å². The lowest BCUT2D eigenvalue weighted by molar-refractivity contribution is -0.135. The van der Waals surface area contributed by atoms with Crippen LogP contribution in [0.3, 0.4) is 0 Å². The summed E-state index contributed by atoms with van der Waals surface area (Å²) in [5.41, 5.74) is 3.91. The molecule has 3 aromatic rings. The number of amidine groups is 1. The van der Waals surface area contributed by atoms with Crippen LogP contribution in [-0.2, 0) is 16.8 Å². The van der Waals surface area contributed by atoms with Gasteiger partial charge in [-0.05, 0) is 35.7 Å². The Bertz CT molecular complexity index is 1060. The third-order valence-corrected chi connectivity index (χ3v) is 5.97. The van der Waals surface area contributed by atoms with Crippen LogP contribution in [0.1, 0.15) is 24.0 Å². The monoisotopic (exact) mass is 381 g/mol. The van der Waals surface area contributed by atoms with Crippen LogP contribution >= 0.6 is 0 Å². The molecule has 1 amide bonds. The van der Waals surface area contributed by atoms with Gasteiger partial charge in [0.05, 0.1) is 11.1 Å². The second-order valence-electron chi connectivity index (χ2n) is 7.78. The fourth-order valence-electron chi connectivity index (χ4n) is 4.45. The van der Waals surface area contributed by atoms with Gasteiger partial charge in [-0.1, -0.05) is 66.7 Å². The molecule has 5 rings (SSSR count). The number of rotatable bonds is 3. The van der Waals surface area contributed by atoms with E-state index in [9.17, 15) is 4.79 Å². The van der Waals surface area contributed by atoms with Crippen molar-refractivity contribution in [2.75, 3.05) is 11.9 Å². The first-order valence-electron chi connectivity index (χ1n) is 10.1. The molecular formula is C25H23N3O. The maximum atomic E-state index is 13.2. The number of hydrogen-bond donors (Lipinski definition) is 1. The van der Waals surface area contributed by atoms with Gasteiger partial charge in [-0.15, -0.1) is 0 Å². The summed E-state index contributed by atoms with van der Waals surface area (Å²) in [7, 11) is 0. The van der Waals surface area contributed by atoms with Crippen LogP contribution in [0.2, 0.25) is 0 Å². The zero-order valence-electron chi connectivity index (χ0n) is 16.2. The molecule has 0 bridgehead atoms. The highest BCUT2D eigenvalue weighted by atomic mass is 16.2. The molecule has 1 saturated heterocycles. The summed E-state index contributed by atoms with van der Waals surface area (Å²) in [4.78, 5) is 20.1. The highest BCUT2D eigenvalue weighted by Crippen LogP contribution is 2.47. The second kappa shape index (κ2) is 7.21. The van der Waals surface area contributed by atoms with E-state index in [1.165, 1.54) is 5.56 Å². The Morgan fingerprint density at radius 2 is 1.59 bits per heavy atom. The Morgan fingerprint density at radius 1 is 0.897 bits per heavy atom. The van der Waals surface area contributed by atoms with Crippen molar-refractivity contribution in [3.05, 3.63) is 96.1 Å². The average molecular weight is 381 g/mol. The molecule has 1 atom stereocenters. The van der Waals surface area contributed by atoms with E-state index in [1.807, 2.05) is 71.6 Å². The van der Waals surface area contributed by atoms with E-state index in [0.717, 1.165) is 35.7 Å². The molecule has 144 valence electrons. The van der Waals surface area contributed by atoms with Gasteiger partial charge in [0.2, 0.25) is 5.91 Å². The molecule has 2 heterocycles. The highest BCUT2D eigenvalue weighted by molar-refractivity contribution is 6.10. The summed E-state index contributed by atoms with van der Waals surface area (Å²) in [6.07, 6.45) is 1.30. The van der Waals surface area contributed by atoms with E-state index >= 15 is 0 Å². The molecule has 1 spiro atoms. The number of nitrogens with zero attached hydrogens (tertiary/aromatic N) is 2. The summed E-state index contributed by atoms with van der Waals surface area (Å²) in [5, 5.41) is 3.51. The number of hydrogen-bond acceptors (Lipinski definition) is 3. The number of anilines is 1. The van der Waals surface area contributed by atoms with Crippen LogP contribution in [0.4, 0.5) is 11.4 Å². The normalized spacial score (nSPS) is 20.5. The van der Waals surface area contributed by atoms with Gasteiger partial charge in [-0.25, -0.2) is 4.99 Å². The first-order chi connectivity index (χ1) is 14.2. The van der Waals surface area contributed by atoms with Crippen molar-refractivity contribution in [1.29, 1.82) is 0 Å². The van der Waals surface area contributed by atoms with Crippen molar-refractivity contribution in [2.24, 2.45) is 4.99 Å². The van der Waals surface area contributed by atoms with Gasteiger partial charge < -0.3 is 10.2 Å². The maximum Gasteiger partial charge on any atom is 0.224 e. The first kappa shape index (κ1) is 17.7. The van der Waals surface area contributed by atoms with Crippen molar-refractivity contribution in [2.45, 2.75) is 24.8 Å². The molecule has 1 N–H and O–H groups in total. The summed E-state index contributed by atoms with van der Waals surface area (Å²) in [5.74, 6) is 1.07. The average Bonchev–Trinajstić information content (AvgIpc) is 3.04. The molecule has 0 aliphatic carbocycles. The lowest BCUT2D eigenvalue weighted by Gasteiger charge is -2.40. The predicted molar refractivity (Wildman–Crippen MR) is 116 cm³/mol. The number of likely N-dealkylation sites (tertiary alicyclic amines) is 1. The molecule has 4 heteroatoms. The van der Waals surface area contributed by atoms with Crippen LogP contribution in [0.5, 0.6) is 0 Å². The van der Waals surface area contributed by atoms with Crippen molar-refractivity contribution in [1.82, 2.24) is 4.90 Å². The fourth-order valence-corrected chi connectivity index (χ4v) is 4.45. The van der Waals surface area contributed by atoms with Crippen molar-refractivity contribution < 1.29 is 4.79 Å². The highest BCUT2D eigenvalue weighted by Gasteiger charge is 2.48. The third kappa shape index (κ3) is 3.21. The van der Waals surface area contributed by atoms with Gasteiger partial charge in [-0.3, -0.25) is 4.79 Å². The minimum absolute atomic E-state index is 0.180. The maximum absolute atomic E-state index is 13.2. The molecule has 2 aliphatic rings. The SMILES string of the molecule is O=C1CC2(CCN1Cc1ccccc1)C(Nc1ccccc1)=Nc1ccccc12. The smallest absolute Gasteiger partial charge is 0.224 e. The lowest BCUT2D eigenvalue weighted by atomic mass is 9.72. The van der Waals surface area contributed by atoms with E-state index in [1.54, 1.807) is 0 Å². The van der Waals surface area contributed by atoms with Crippen LogP contribution in [0.25, 0.3) is 0 Å². The molecule has 4 nitrogen and oxygen atoms in total. The van der Waals surface area contributed by atoms with Crippen molar-refractivity contribution >= 4 is 23.1 Å². The molecule has 0 radical (unpaired) electrons. The molecule has 0 aromatic heterocycles. The fraction of sp³-hybridized carbons (Fsp3) is 0.200. The van der Waals surface area contributed by atoms with Crippen LogP contribution in [0.15, 0.2) is 89.9 Å². The minimum atomic E-state index is -0.378. The van der Waals surface area contributed by atoms with Gasteiger partial charge in [0.1, 0.15) is 5.84 Å². The quantitative estimate of drug-likeness (QED) is 0.701. The Hall–Kier alpha value is -3.40. The van der Waals surface area contributed by atoms with Gasteiger partial charge in [-0.2, -0.15) is 0 Å². The van der Waals surface area contributed by atoms with Gasteiger partial charge >= 0.3 is 0 Å². The zero-order chi connectivity index (χ0) is 19.7. The number of aliphatic imine (C=N–C) groups is 1. The minimum Gasteiger partial charge on any atom is -0.343 e. The number of carbonyl (C=O) groups excluding carboxylic acids is 1. The van der Waals surface area contributed by atoms with Crippen molar-refractivity contribution in [3.8, 4) is 0 Å². The largest absolute Gasteiger partial charge is 0.343 e. The van der Waals surface area contributed by atoms with Crippen molar-refractivity contribution in [3.63, 3.8) is 0 Å². The van der Waals surface area contributed by atoms with Gasteiger partial charge in [0, 0.05) is 25.2 Å². The summed E-state index contributed by atoms with van der Waals surface area (Å²) in [6.45, 7) is 1.38. The molecule has 29 heavy (non-hydrogen) atoms. The number of amides is 1. The van der Waals surface area contributed by atoms with Crippen LogP contribution < -0.4 is 5.32 Å². The Kier molecular flexibility index (Phi) is 4.39. The summed E-state index contributed by atoms with van der Waals surface area (Å²) in [6, 6.07) is 28.5. The number of carbonyl (C=O) groups is 1. The Morgan fingerprint density at radius 3 is 2.34 bits per heavy atom. The molecule has 2 aliphatic heterocycles. The number of nitrogens with one attached hydrogen (secondary N) is 1. The number of piperidine rings is 1. The van der Waals surface area contributed by atoms with E-state index < -0.39 is 0 Å². The third-order valence-electron chi connectivity index (χ3n) is 5.97. The van der Waals surface area contributed by atoms with E-state index in [0.29, 0.717) is 13.0 Å². The molecule has 0 saturated carbocycles. The number of benzene rings is 3. The Labute approximate surface area is 170 Å². The van der Waals surface area contributed by atoms with E-state index in [-0.39, 0.29) is 11.3 Å². The second-order valence-corrected chi connectivity index (χ2v) is 7.78. The first-order valence-corrected chi connectivity index (χ1v) is 10.1. The molecular weight excluding hydrogens is 358 g/mol. The van der Waals surface area contributed by atoms with Gasteiger partial charge in [0.15, 0.2) is 0 Å². The standard InChI is InChI=1S/C25H23N3O/c29-23-17-25(15-16-28(23)18-19-9-3-1-4-10-19)21-13-7-8-14-22(21)27-24(25)26-20-11-5-2-6-12-20/h1-14H,15-18H2,(H,26,27). The summed E-state index contributed by atoms with van der Waals surface area (Å²) < 4.78 is 0. The molecule has 1 fully saturated rings. The van der Waals surface area contributed by atoms with Crippen LogP contribution in [0, 0.1) is 0 Å². The zero-order valence-corrected chi connectivity index (χ0v) is 16.2. The van der Waals surface area contributed by atoms with E-state index in [2.05, 4.69) is 23.5 Å². The topological polar surface area (TPSA) is 44.7 Å². The van der Waals surface area contributed by atoms with E-state index in [4.69, 9.17) is 4.99 Å². The molecule has 3 aromatic carbocycles. The molecule has 1 unspecified atom stereocenters. The lowest BCUT2D eigenvalue weighted by Crippen LogP contribution is -2.50.